The first-order valence-corrected chi connectivity index (χ1v) is 9.38. The van der Waals surface area contributed by atoms with E-state index in [1.165, 1.54) is 24.3 Å². The van der Waals surface area contributed by atoms with Crippen LogP contribution in [0.3, 0.4) is 0 Å². The van der Waals surface area contributed by atoms with Crippen molar-refractivity contribution >= 4 is 33.2 Å². The SMILES string of the molecule is CCOCCn1c(=NC(=O)c2ccc(C(C)=O)cc2)sc2cccc(F)c21. The average Bonchev–Trinajstić information content (AvgIpc) is 3.00. The van der Waals surface area contributed by atoms with Crippen LogP contribution < -0.4 is 4.80 Å². The molecular formula is C20H19FN2O3S. The molecule has 3 aromatic rings. The zero-order valence-corrected chi connectivity index (χ0v) is 15.9. The van der Waals surface area contributed by atoms with Crippen LogP contribution in [0, 0.1) is 5.82 Å². The van der Waals surface area contributed by atoms with Gasteiger partial charge in [0.2, 0.25) is 0 Å². The lowest BCUT2D eigenvalue weighted by Crippen LogP contribution is -2.20. The summed E-state index contributed by atoms with van der Waals surface area (Å²) in [6.45, 7) is 4.69. The molecule has 3 rings (SSSR count). The molecule has 5 nitrogen and oxygen atoms in total. The van der Waals surface area contributed by atoms with Crippen LogP contribution in [0.15, 0.2) is 47.5 Å². The molecule has 2 aromatic carbocycles. The van der Waals surface area contributed by atoms with Crippen molar-refractivity contribution in [2.24, 2.45) is 4.99 Å². The second kappa shape index (κ2) is 8.37. The predicted molar refractivity (Wildman–Crippen MR) is 103 cm³/mol. The van der Waals surface area contributed by atoms with Crippen molar-refractivity contribution < 1.29 is 18.7 Å². The number of aromatic nitrogens is 1. The number of carbonyl (C=O) groups excluding carboxylic acids is 2. The van der Waals surface area contributed by atoms with Gasteiger partial charge >= 0.3 is 0 Å². The number of carbonyl (C=O) groups is 2. The van der Waals surface area contributed by atoms with E-state index in [1.54, 1.807) is 41.0 Å². The number of rotatable bonds is 6. The molecule has 1 heterocycles. The first-order valence-electron chi connectivity index (χ1n) is 8.57. The molecule has 27 heavy (non-hydrogen) atoms. The summed E-state index contributed by atoms with van der Waals surface area (Å²) in [5.41, 5.74) is 1.32. The maximum Gasteiger partial charge on any atom is 0.279 e. The summed E-state index contributed by atoms with van der Waals surface area (Å²) in [6.07, 6.45) is 0. The molecule has 0 unspecified atom stereocenters. The summed E-state index contributed by atoms with van der Waals surface area (Å²) in [7, 11) is 0. The minimum Gasteiger partial charge on any atom is -0.380 e. The molecule has 140 valence electrons. The second-order valence-electron chi connectivity index (χ2n) is 5.87. The van der Waals surface area contributed by atoms with Gasteiger partial charge in [0.25, 0.3) is 5.91 Å². The number of hydrogen-bond donors (Lipinski definition) is 0. The molecule has 0 N–H and O–H groups in total. The number of ketones is 1. The smallest absolute Gasteiger partial charge is 0.279 e. The van der Waals surface area contributed by atoms with E-state index in [0.29, 0.717) is 45.9 Å². The Kier molecular flexibility index (Phi) is 5.93. The van der Waals surface area contributed by atoms with Gasteiger partial charge in [0.05, 0.1) is 16.8 Å². The molecule has 0 saturated carbocycles. The van der Waals surface area contributed by atoms with Gasteiger partial charge in [0.1, 0.15) is 5.82 Å². The molecule has 0 fully saturated rings. The largest absolute Gasteiger partial charge is 0.380 e. The third-order valence-electron chi connectivity index (χ3n) is 4.05. The highest BCUT2D eigenvalue weighted by atomic mass is 32.1. The highest BCUT2D eigenvalue weighted by Crippen LogP contribution is 2.20. The molecule has 0 radical (unpaired) electrons. The molecule has 1 aromatic heterocycles. The van der Waals surface area contributed by atoms with Crippen LogP contribution in [0.4, 0.5) is 4.39 Å². The van der Waals surface area contributed by atoms with Crippen molar-refractivity contribution in [3.8, 4) is 0 Å². The fourth-order valence-corrected chi connectivity index (χ4v) is 3.75. The standard InChI is InChI=1S/C20H19FN2O3S/c1-3-26-12-11-23-18-16(21)5-4-6-17(18)27-20(23)22-19(25)15-9-7-14(8-10-15)13(2)24/h4-10H,3,11-12H2,1-2H3. The summed E-state index contributed by atoms with van der Waals surface area (Å²) in [5.74, 6) is -0.873. The molecular weight excluding hydrogens is 367 g/mol. The summed E-state index contributed by atoms with van der Waals surface area (Å²) in [6, 6.07) is 11.1. The van der Waals surface area contributed by atoms with E-state index >= 15 is 0 Å². The van der Waals surface area contributed by atoms with Crippen LogP contribution in [-0.2, 0) is 11.3 Å². The van der Waals surface area contributed by atoms with Crippen molar-refractivity contribution in [1.82, 2.24) is 4.57 Å². The number of ether oxygens (including phenoxy) is 1. The summed E-state index contributed by atoms with van der Waals surface area (Å²) < 4.78 is 22.1. The van der Waals surface area contributed by atoms with Crippen molar-refractivity contribution in [3.63, 3.8) is 0 Å². The average molecular weight is 386 g/mol. The quantitative estimate of drug-likeness (QED) is 0.478. The maximum atomic E-state index is 14.3. The van der Waals surface area contributed by atoms with Crippen molar-refractivity contribution in [3.05, 3.63) is 64.2 Å². The Bertz CT molecular complexity index is 1050. The zero-order valence-electron chi connectivity index (χ0n) is 15.1. The van der Waals surface area contributed by atoms with E-state index < -0.39 is 5.91 Å². The molecule has 7 heteroatoms. The predicted octanol–water partition coefficient (Wildman–Crippen LogP) is 3.82. The van der Waals surface area contributed by atoms with Crippen LogP contribution in [-0.4, -0.2) is 29.5 Å². The molecule has 0 aliphatic heterocycles. The van der Waals surface area contributed by atoms with E-state index in [-0.39, 0.29) is 11.6 Å². The van der Waals surface area contributed by atoms with Gasteiger partial charge in [-0.15, -0.1) is 0 Å². The number of benzene rings is 2. The number of amides is 1. The monoisotopic (exact) mass is 386 g/mol. The molecule has 0 aliphatic rings. The van der Waals surface area contributed by atoms with Gasteiger partial charge in [-0.25, -0.2) is 4.39 Å². The van der Waals surface area contributed by atoms with Gasteiger partial charge in [-0.2, -0.15) is 4.99 Å². The van der Waals surface area contributed by atoms with E-state index in [0.717, 1.165) is 0 Å². The Morgan fingerprint density at radius 2 is 1.85 bits per heavy atom. The Morgan fingerprint density at radius 3 is 2.52 bits per heavy atom. The Balaban J connectivity index is 2.03. The molecule has 0 spiro atoms. The van der Waals surface area contributed by atoms with Gasteiger partial charge in [0.15, 0.2) is 10.6 Å². The maximum absolute atomic E-state index is 14.3. The fraction of sp³-hybridized carbons (Fsp3) is 0.250. The number of hydrogen-bond acceptors (Lipinski definition) is 4. The number of thiazole rings is 1. The third-order valence-corrected chi connectivity index (χ3v) is 5.09. The van der Waals surface area contributed by atoms with Crippen LogP contribution in [0.25, 0.3) is 10.2 Å². The minimum atomic E-state index is -0.442. The van der Waals surface area contributed by atoms with Crippen LogP contribution >= 0.6 is 11.3 Å². The number of nitrogens with zero attached hydrogens (tertiary/aromatic N) is 2. The second-order valence-corrected chi connectivity index (χ2v) is 6.88. The number of para-hydroxylation sites is 1. The highest BCUT2D eigenvalue weighted by Gasteiger charge is 2.13. The normalized spacial score (nSPS) is 11.9. The molecule has 1 amide bonds. The molecule has 0 saturated heterocycles. The van der Waals surface area contributed by atoms with Gasteiger partial charge in [0, 0.05) is 24.3 Å². The van der Waals surface area contributed by atoms with Gasteiger partial charge in [-0.05, 0) is 38.1 Å². The van der Waals surface area contributed by atoms with Gasteiger partial charge in [-0.1, -0.05) is 29.5 Å². The lowest BCUT2D eigenvalue weighted by Gasteiger charge is -2.06. The van der Waals surface area contributed by atoms with Gasteiger partial charge < -0.3 is 9.30 Å². The van der Waals surface area contributed by atoms with Gasteiger partial charge in [-0.3, -0.25) is 9.59 Å². The minimum absolute atomic E-state index is 0.0697. The number of fused-ring (bicyclic) bond motifs is 1. The summed E-state index contributed by atoms with van der Waals surface area (Å²) >= 11 is 1.25. The van der Waals surface area contributed by atoms with Crippen molar-refractivity contribution in [2.75, 3.05) is 13.2 Å². The molecule has 0 bridgehead atoms. The van der Waals surface area contributed by atoms with Crippen molar-refractivity contribution in [1.29, 1.82) is 0 Å². The Labute approximate surface area is 159 Å². The Hall–Kier alpha value is -2.64. The van der Waals surface area contributed by atoms with Crippen LogP contribution in [0.1, 0.15) is 34.6 Å². The van der Waals surface area contributed by atoms with E-state index in [2.05, 4.69) is 4.99 Å². The lowest BCUT2D eigenvalue weighted by molar-refractivity contribution is 0.0990. The van der Waals surface area contributed by atoms with Crippen molar-refractivity contribution in [2.45, 2.75) is 20.4 Å². The van der Waals surface area contributed by atoms with E-state index in [4.69, 9.17) is 4.74 Å². The fourth-order valence-electron chi connectivity index (χ4n) is 2.68. The summed E-state index contributed by atoms with van der Waals surface area (Å²) in [4.78, 5) is 28.5. The number of halogens is 1. The Morgan fingerprint density at radius 1 is 1.15 bits per heavy atom. The molecule has 0 atom stereocenters. The van der Waals surface area contributed by atoms with Crippen LogP contribution in [0.5, 0.6) is 0 Å². The number of Topliss-reactive ketones (excluding diaryl/α,β-unsaturated/α-hetero) is 1. The highest BCUT2D eigenvalue weighted by molar-refractivity contribution is 7.16. The third kappa shape index (κ3) is 4.20. The van der Waals surface area contributed by atoms with E-state index in [1.807, 2.05) is 6.92 Å². The van der Waals surface area contributed by atoms with Crippen LogP contribution in [0.2, 0.25) is 0 Å². The topological polar surface area (TPSA) is 60.7 Å². The lowest BCUT2D eigenvalue weighted by atomic mass is 10.1. The first-order chi connectivity index (χ1) is 13.0. The first kappa shape index (κ1) is 19.1. The summed E-state index contributed by atoms with van der Waals surface area (Å²) in [5, 5.41) is 0. The zero-order chi connectivity index (χ0) is 19.4. The van der Waals surface area contributed by atoms with E-state index in [9.17, 15) is 14.0 Å². The molecule has 0 aliphatic carbocycles.